The lowest BCUT2D eigenvalue weighted by Crippen LogP contribution is -3.12. The summed E-state index contributed by atoms with van der Waals surface area (Å²) in [6.07, 6.45) is 3.73. The monoisotopic (exact) mass is 384 g/mol. The molecule has 1 saturated heterocycles. The van der Waals surface area contributed by atoms with Crippen molar-refractivity contribution in [1.29, 1.82) is 0 Å². The summed E-state index contributed by atoms with van der Waals surface area (Å²) in [6, 6.07) is 5.02. The van der Waals surface area contributed by atoms with Crippen LogP contribution in [0.4, 0.5) is 0 Å². The topological polar surface area (TPSA) is 59.9 Å². The van der Waals surface area contributed by atoms with E-state index in [1.807, 2.05) is 18.4 Å². The second-order valence-corrected chi connectivity index (χ2v) is 8.77. The fourth-order valence-electron chi connectivity index (χ4n) is 3.50. The molecule has 0 amide bonds. The minimum Gasteiger partial charge on any atom is -0.429 e. The molecular formula is C17H26N3O3S2+. The van der Waals surface area contributed by atoms with Gasteiger partial charge in [-0.3, -0.25) is 4.57 Å². The summed E-state index contributed by atoms with van der Waals surface area (Å²) in [5.74, 6) is 0. The molecule has 0 atom stereocenters. The van der Waals surface area contributed by atoms with E-state index in [0.717, 1.165) is 25.3 Å². The summed E-state index contributed by atoms with van der Waals surface area (Å²) >= 11 is 5.38. The fraction of sp³-hybridized carbons (Fsp3) is 0.588. The molecule has 0 radical (unpaired) electrons. The lowest BCUT2D eigenvalue weighted by molar-refractivity contribution is -0.927. The van der Waals surface area contributed by atoms with Gasteiger partial charge < -0.3 is 9.32 Å². The highest BCUT2D eigenvalue weighted by Crippen LogP contribution is 2.23. The largest absolute Gasteiger partial charge is 0.429 e. The van der Waals surface area contributed by atoms with Crippen LogP contribution in [0.25, 0.3) is 11.1 Å². The highest BCUT2D eigenvalue weighted by atomic mass is 32.2. The molecule has 3 rings (SSSR count). The predicted octanol–water partition coefficient (Wildman–Crippen LogP) is 2.02. The summed E-state index contributed by atoms with van der Waals surface area (Å²) < 4.78 is 34.7. The third-order valence-corrected chi connectivity index (χ3v) is 7.27. The second-order valence-electron chi connectivity index (χ2n) is 6.48. The average Bonchev–Trinajstić information content (AvgIpc) is 2.91. The van der Waals surface area contributed by atoms with Gasteiger partial charge in [0.25, 0.3) is 4.84 Å². The van der Waals surface area contributed by atoms with E-state index >= 15 is 0 Å². The molecule has 0 aliphatic carbocycles. The van der Waals surface area contributed by atoms with Gasteiger partial charge in [0.15, 0.2) is 12.3 Å². The molecule has 2 heterocycles. The highest BCUT2D eigenvalue weighted by Gasteiger charge is 2.24. The Morgan fingerprint density at radius 2 is 1.88 bits per heavy atom. The zero-order valence-corrected chi connectivity index (χ0v) is 16.5. The number of hydrogen-bond donors (Lipinski definition) is 1. The molecule has 1 fully saturated rings. The van der Waals surface area contributed by atoms with E-state index < -0.39 is 10.0 Å². The maximum absolute atomic E-state index is 12.8. The molecule has 2 aromatic rings. The van der Waals surface area contributed by atoms with Gasteiger partial charge in [-0.2, -0.15) is 4.31 Å². The Morgan fingerprint density at radius 1 is 1.20 bits per heavy atom. The van der Waals surface area contributed by atoms with E-state index in [-0.39, 0.29) is 0 Å². The number of sulfonamides is 1. The zero-order chi connectivity index (χ0) is 18.0. The molecule has 1 N–H and O–H groups in total. The van der Waals surface area contributed by atoms with Crippen LogP contribution in [0.3, 0.4) is 0 Å². The van der Waals surface area contributed by atoms with Crippen LogP contribution in [0.15, 0.2) is 27.5 Å². The van der Waals surface area contributed by atoms with E-state index in [0.29, 0.717) is 28.4 Å². The average molecular weight is 385 g/mol. The normalized spacial score (nSPS) is 16.8. The molecule has 25 heavy (non-hydrogen) atoms. The Bertz CT molecular complexity index is 891. The summed E-state index contributed by atoms with van der Waals surface area (Å²) in [5, 5.41) is 0. The van der Waals surface area contributed by atoms with Gasteiger partial charge in [-0.05, 0) is 49.7 Å². The smallest absolute Gasteiger partial charge is 0.274 e. The number of aromatic nitrogens is 1. The van der Waals surface area contributed by atoms with Crippen LogP contribution in [-0.4, -0.2) is 43.5 Å². The number of piperidine rings is 1. The van der Waals surface area contributed by atoms with Crippen molar-refractivity contribution >= 4 is 33.3 Å². The van der Waals surface area contributed by atoms with Crippen molar-refractivity contribution in [2.75, 3.05) is 26.2 Å². The van der Waals surface area contributed by atoms with Gasteiger partial charge in [-0.1, -0.05) is 13.8 Å². The van der Waals surface area contributed by atoms with Crippen molar-refractivity contribution in [2.45, 2.75) is 44.7 Å². The molecule has 6 nitrogen and oxygen atoms in total. The van der Waals surface area contributed by atoms with E-state index in [9.17, 15) is 8.42 Å². The van der Waals surface area contributed by atoms with Crippen LogP contribution in [0.1, 0.15) is 33.1 Å². The first-order chi connectivity index (χ1) is 12.0. The van der Waals surface area contributed by atoms with Crippen LogP contribution >= 0.6 is 12.2 Å². The highest BCUT2D eigenvalue weighted by molar-refractivity contribution is 7.89. The summed E-state index contributed by atoms with van der Waals surface area (Å²) in [5.41, 5.74) is 1.40. The second kappa shape index (κ2) is 7.57. The SMILES string of the molecule is CCN(CC)S(=O)(=O)c1ccc2oc(=S)n(C[NH+]3CCCCC3)c2c1. The number of quaternary nitrogens is 1. The summed E-state index contributed by atoms with van der Waals surface area (Å²) in [4.78, 5) is 2.16. The van der Waals surface area contributed by atoms with Gasteiger partial charge in [0.2, 0.25) is 10.0 Å². The van der Waals surface area contributed by atoms with Crippen LogP contribution in [-0.2, 0) is 16.7 Å². The molecule has 138 valence electrons. The van der Waals surface area contributed by atoms with Gasteiger partial charge in [0, 0.05) is 13.1 Å². The lowest BCUT2D eigenvalue weighted by Gasteiger charge is -2.23. The predicted molar refractivity (Wildman–Crippen MR) is 99.7 cm³/mol. The Morgan fingerprint density at radius 3 is 2.52 bits per heavy atom. The number of nitrogens with zero attached hydrogens (tertiary/aromatic N) is 2. The summed E-state index contributed by atoms with van der Waals surface area (Å²) in [6.45, 7) is 7.55. The van der Waals surface area contributed by atoms with E-state index in [2.05, 4.69) is 0 Å². The fourth-order valence-corrected chi connectivity index (χ4v) is 5.23. The van der Waals surface area contributed by atoms with Crippen molar-refractivity contribution in [3.8, 4) is 0 Å². The Balaban J connectivity index is 2.01. The van der Waals surface area contributed by atoms with Gasteiger partial charge in [-0.15, -0.1) is 0 Å². The molecule has 1 aliphatic heterocycles. The van der Waals surface area contributed by atoms with Crippen LogP contribution in [0, 0.1) is 4.84 Å². The molecule has 8 heteroatoms. The van der Waals surface area contributed by atoms with E-state index in [4.69, 9.17) is 16.6 Å². The number of oxazole rings is 1. The van der Waals surface area contributed by atoms with Crippen molar-refractivity contribution in [1.82, 2.24) is 8.87 Å². The minimum absolute atomic E-state index is 0.293. The number of fused-ring (bicyclic) bond motifs is 1. The first-order valence-electron chi connectivity index (χ1n) is 8.94. The van der Waals surface area contributed by atoms with Crippen molar-refractivity contribution in [3.63, 3.8) is 0 Å². The van der Waals surface area contributed by atoms with Gasteiger partial charge in [-0.25, -0.2) is 8.42 Å². The molecule has 1 aromatic heterocycles. The maximum atomic E-state index is 12.8. The molecule has 1 aromatic carbocycles. The third-order valence-electron chi connectivity index (χ3n) is 4.92. The number of likely N-dealkylation sites (tertiary alicyclic amines) is 1. The molecule has 0 spiro atoms. The van der Waals surface area contributed by atoms with Crippen LogP contribution in [0.5, 0.6) is 0 Å². The number of rotatable bonds is 6. The molecular weight excluding hydrogens is 358 g/mol. The molecule has 0 saturated carbocycles. The number of nitrogens with one attached hydrogen (secondary N) is 1. The van der Waals surface area contributed by atoms with Gasteiger partial charge >= 0.3 is 0 Å². The first kappa shape index (κ1) is 18.6. The Hall–Kier alpha value is -1.22. The third kappa shape index (κ3) is 3.67. The number of hydrogen-bond acceptors (Lipinski definition) is 4. The maximum Gasteiger partial charge on any atom is 0.274 e. The quantitative estimate of drug-likeness (QED) is 0.774. The van der Waals surface area contributed by atoms with E-state index in [1.165, 1.54) is 28.5 Å². The van der Waals surface area contributed by atoms with Crippen molar-refractivity contribution in [3.05, 3.63) is 23.0 Å². The van der Waals surface area contributed by atoms with Crippen molar-refractivity contribution < 1.29 is 17.7 Å². The molecule has 1 aliphatic rings. The molecule has 0 bridgehead atoms. The van der Waals surface area contributed by atoms with Gasteiger partial charge in [0.05, 0.1) is 23.5 Å². The van der Waals surface area contributed by atoms with Gasteiger partial charge in [0.1, 0.15) is 0 Å². The first-order valence-corrected chi connectivity index (χ1v) is 10.8. The summed E-state index contributed by atoms with van der Waals surface area (Å²) in [7, 11) is -3.50. The Labute approximate surface area is 154 Å². The zero-order valence-electron chi connectivity index (χ0n) is 14.8. The molecule has 0 unspecified atom stereocenters. The Kier molecular flexibility index (Phi) is 5.62. The standard InChI is InChI=1S/C17H25N3O3S2/c1-3-19(4-2)25(21,22)14-8-9-16-15(12-14)20(17(24)23-16)13-18-10-6-5-7-11-18/h8-9,12H,3-7,10-11,13H2,1-2H3/p+1. The lowest BCUT2D eigenvalue weighted by atomic mass is 10.1. The van der Waals surface area contributed by atoms with Crippen LogP contribution < -0.4 is 4.90 Å². The van der Waals surface area contributed by atoms with E-state index in [1.54, 1.807) is 18.2 Å². The van der Waals surface area contributed by atoms with Crippen LogP contribution in [0.2, 0.25) is 0 Å². The number of benzene rings is 1. The van der Waals surface area contributed by atoms with Crippen molar-refractivity contribution in [2.24, 2.45) is 0 Å². The minimum atomic E-state index is -3.50.